The largest absolute Gasteiger partial charge is 0.493 e. The topological polar surface area (TPSA) is 87.0 Å². The summed E-state index contributed by atoms with van der Waals surface area (Å²) < 4.78 is 18.1. The SMILES string of the molecule is COc1ccc(Cc2cn(CCC(=O)O)c3ccc(C)cc3c2=O)c(OC)c1OC. The number of hydrogen-bond acceptors (Lipinski definition) is 5. The number of carbonyl (C=O) groups is 1. The number of ether oxygens (including phenoxy) is 3. The molecule has 0 bridgehead atoms. The molecular weight excluding hydrogens is 386 g/mol. The number of pyridine rings is 1. The fraction of sp³-hybridized carbons (Fsp3) is 0.304. The Balaban J connectivity index is 2.16. The van der Waals surface area contributed by atoms with Gasteiger partial charge in [-0.15, -0.1) is 0 Å². The number of methoxy groups -OCH3 is 3. The Labute approximate surface area is 174 Å². The molecule has 1 heterocycles. The minimum Gasteiger partial charge on any atom is -0.493 e. The highest BCUT2D eigenvalue weighted by Crippen LogP contribution is 2.40. The predicted molar refractivity (Wildman–Crippen MR) is 114 cm³/mol. The summed E-state index contributed by atoms with van der Waals surface area (Å²) in [4.78, 5) is 24.3. The van der Waals surface area contributed by atoms with Gasteiger partial charge in [0.15, 0.2) is 16.9 Å². The molecule has 2 aromatic carbocycles. The summed E-state index contributed by atoms with van der Waals surface area (Å²) in [6.07, 6.45) is 2.00. The summed E-state index contributed by atoms with van der Waals surface area (Å²) in [6.45, 7) is 2.19. The van der Waals surface area contributed by atoms with Gasteiger partial charge in [-0.3, -0.25) is 9.59 Å². The summed E-state index contributed by atoms with van der Waals surface area (Å²) in [5.74, 6) is 0.598. The van der Waals surface area contributed by atoms with E-state index in [4.69, 9.17) is 19.3 Å². The van der Waals surface area contributed by atoms with Crippen molar-refractivity contribution in [3.05, 3.63) is 63.4 Å². The third kappa shape index (κ3) is 4.10. The van der Waals surface area contributed by atoms with Crippen molar-refractivity contribution in [2.75, 3.05) is 21.3 Å². The lowest BCUT2D eigenvalue weighted by Crippen LogP contribution is -2.17. The van der Waals surface area contributed by atoms with Crippen LogP contribution in [0.25, 0.3) is 10.9 Å². The van der Waals surface area contributed by atoms with E-state index in [1.165, 1.54) is 14.2 Å². The summed E-state index contributed by atoms with van der Waals surface area (Å²) in [5, 5.41) is 9.68. The number of benzene rings is 2. The van der Waals surface area contributed by atoms with E-state index in [-0.39, 0.29) is 18.4 Å². The molecule has 158 valence electrons. The summed E-state index contributed by atoms with van der Waals surface area (Å²) >= 11 is 0. The number of aliphatic carboxylic acids is 1. The van der Waals surface area contributed by atoms with Crippen LogP contribution in [0, 0.1) is 6.92 Å². The molecule has 0 aliphatic heterocycles. The molecule has 0 radical (unpaired) electrons. The van der Waals surface area contributed by atoms with Crippen molar-refractivity contribution in [2.24, 2.45) is 0 Å². The van der Waals surface area contributed by atoms with Gasteiger partial charge in [-0.25, -0.2) is 0 Å². The molecule has 7 heteroatoms. The zero-order chi connectivity index (χ0) is 21.8. The van der Waals surface area contributed by atoms with Gasteiger partial charge < -0.3 is 23.9 Å². The lowest BCUT2D eigenvalue weighted by Gasteiger charge is -2.17. The molecule has 0 unspecified atom stereocenters. The number of rotatable bonds is 8. The maximum Gasteiger partial charge on any atom is 0.305 e. The molecule has 0 saturated carbocycles. The molecule has 30 heavy (non-hydrogen) atoms. The minimum atomic E-state index is -0.892. The lowest BCUT2D eigenvalue weighted by molar-refractivity contribution is -0.137. The highest BCUT2D eigenvalue weighted by Gasteiger charge is 2.18. The van der Waals surface area contributed by atoms with Crippen molar-refractivity contribution < 1.29 is 24.1 Å². The molecule has 3 rings (SSSR count). The van der Waals surface area contributed by atoms with Crippen molar-refractivity contribution in [2.45, 2.75) is 26.3 Å². The standard InChI is InChI=1S/C23H25NO6/c1-14-5-7-18-17(11-14)21(27)16(13-24(18)10-9-20(25)26)12-15-6-8-19(28-2)23(30-4)22(15)29-3/h5-8,11,13H,9-10,12H2,1-4H3,(H,25,26). The smallest absolute Gasteiger partial charge is 0.305 e. The first-order valence-electron chi connectivity index (χ1n) is 9.52. The van der Waals surface area contributed by atoms with Gasteiger partial charge in [0.25, 0.3) is 0 Å². The molecule has 1 N–H and O–H groups in total. The van der Waals surface area contributed by atoms with Gasteiger partial charge >= 0.3 is 5.97 Å². The molecule has 0 amide bonds. The summed E-state index contributed by atoms with van der Waals surface area (Å²) in [7, 11) is 4.61. The second-order valence-electron chi connectivity index (χ2n) is 7.01. The fourth-order valence-corrected chi connectivity index (χ4v) is 3.61. The third-order valence-corrected chi connectivity index (χ3v) is 5.04. The van der Waals surface area contributed by atoms with Gasteiger partial charge in [-0.1, -0.05) is 17.7 Å². The summed E-state index contributed by atoms with van der Waals surface area (Å²) in [6, 6.07) is 9.21. The number of aromatic nitrogens is 1. The Hall–Kier alpha value is -3.48. The van der Waals surface area contributed by atoms with E-state index >= 15 is 0 Å². The van der Waals surface area contributed by atoms with Crippen molar-refractivity contribution >= 4 is 16.9 Å². The number of aryl methyl sites for hydroxylation is 2. The van der Waals surface area contributed by atoms with Crippen molar-refractivity contribution in [3.8, 4) is 17.2 Å². The zero-order valence-electron chi connectivity index (χ0n) is 17.5. The van der Waals surface area contributed by atoms with Crippen LogP contribution in [0.15, 0.2) is 41.3 Å². The molecule has 7 nitrogen and oxygen atoms in total. The van der Waals surface area contributed by atoms with Gasteiger partial charge in [0.05, 0.1) is 33.3 Å². The monoisotopic (exact) mass is 411 g/mol. The normalized spacial score (nSPS) is 10.8. The van der Waals surface area contributed by atoms with Crippen LogP contribution in [0.4, 0.5) is 0 Å². The molecule has 3 aromatic rings. The predicted octanol–water partition coefficient (Wildman–Crippen LogP) is 3.40. The molecule has 1 aromatic heterocycles. The first-order chi connectivity index (χ1) is 14.4. The fourth-order valence-electron chi connectivity index (χ4n) is 3.61. The molecule has 0 spiro atoms. The molecule has 0 atom stereocenters. The Morgan fingerprint density at radius 2 is 1.73 bits per heavy atom. The van der Waals surface area contributed by atoms with Crippen molar-refractivity contribution in [1.29, 1.82) is 0 Å². The Morgan fingerprint density at radius 1 is 1.00 bits per heavy atom. The van der Waals surface area contributed by atoms with Gasteiger partial charge in [-0.2, -0.15) is 0 Å². The number of hydrogen-bond donors (Lipinski definition) is 1. The second kappa shape index (κ2) is 8.90. The van der Waals surface area contributed by atoms with Crippen molar-refractivity contribution in [3.63, 3.8) is 0 Å². The number of nitrogens with zero attached hydrogens (tertiary/aromatic N) is 1. The van der Waals surface area contributed by atoms with Crippen LogP contribution in [0.3, 0.4) is 0 Å². The second-order valence-corrected chi connectivity index (χ2v) is 7.01. The maximum atomic E-state index is 13.2. The molecular formula is C23H25NO6. The third-order valence-electron chi connectivity index (χ3n) is 5.04. The van der Waals surface area contributed by atoms with E-state index in [1.54, 1.807) is 19.4 Å². The van der Waals surface area contributed by atoms with Gasteiger partial charge in [0.2, 0.25) is 5.75 Å². The maximum absolute atomic E-state index is 13.2. The van der Waals surface area contributed by atoms with E-state index in [0.717, 1.165) is 16.6 Å². The van der Waals surface area contributed by atoms with Crippen LogP contribution in [-0.2, 0) is 17.8 Å². The van der Waals surface area contributed by atoms with E-state index in [0.29, 0.717) is 34.6 Å². The van der Waals surface area contributed by atoms with Crippen LogP contribution >= 0.6 is 0 Å². The van der Waals surface area contributed by atoms with E-state index < -0.39 is 5.97 Å². The average molecular weight is 411 g/mol. The average Bonchev–Trinajstić information content (AvgIpc) is 2.74. The zero-order valence-corrected chi connectivity index (χ0v) is 17.5. The number of carboxylic acid groups (broad SMARTS) is 1. The van der Waals surface area contributed by atoms with Crippen LogP contribution in [0.1, 0.15) is 23.1 Å². The van der Waals surface area contributed by atoms with E-state index in [2.05, 4.69) is 0 Å². The Bertz CT molecular complexity index is 1150. The summed E-state index contributed by atoms with van der Waals surface area (Å²) in [5.41, 5.74) is 2.91. The Morgan fingerprint density at radius 3 is 2.37 bits per heavy atom. The van der Waals surface area contributed by atoms with Gasteiger partial charge in [-0.05, 0) is 25.1 Å². The van der Waals surface area contributed by atoms with Crippen LogP contribution in [0.2, 0.25) is 0 Å². The number of fused-ring (bicyclic) bond motifs is 1. The van der Waals surface area contributed by atoms with Gasteiger partial charge in [0.1, 0.15) is 0 Å². The minimum absolute atomic E-state index is 0.0367. The number of carboxylic acids is 1. The van der Waals surface area contributed by atoms with E-state index in [1.807, 2.05) is 35.8 Å². The Kier molecular flexibility index (Phi) is 6.30. The van der Waals surface area contributed by atoms with Gasteiger partial charge in [0, 0.05) is 35.7 Å². The van der Waals surface area contributed by atoms with E-state index in [9.17, 15) is 9.59 Å². The van der Waals surface area contributed by atoms with Crippen molar-refractivity contribution in [1.82, 2.24) is 4.57 Å². The quantitative estimate of drug-likeness (QED) is 0.611. The molecule has 0 aliphatic rings. The molecule has 0 saturated heterocycles. The first kappa shape index (κ1) is 21.2. The molecule has 0 aliphatic carbocycles. The van der Waals surface area contributed by atoms with Crippen LogP contribution in [-0.4, -0.2) is 37.0 Å². The highest BCUT2D eigenvalue weighted by molar-refractivity contribution is 5.80. The first-order valence-corrected chi connectivity index (χ1v) is 9.52. The van der Waals surface area contributed by atoms with Crippen LogP contribution in [0.5, 0.6) is 17.2 Å². The van der Waals surface area contributed by atoms with Crippen LogP contribution < -0.4 is 19.6 Å². The molecule has 0 fully saturated rings. The lowest BCUT2D eigenvalue weighted by atomic mass is 10.0. The highest BCUT2D eigenvalue weighted by atomic mass is 16.5.